The minimum atomic E-state index is -3.45. The van der Waals surface area contributed by atoms with E-state index in [1.807, 2.05) is 0 Å². The molecule has 1 aliphatic rings. The number of hydrogen-bond acceptors (Lipinski definition) is 6. The van der Waals surface area contributed by atoms with Crippen LogP contribution in [0.25, 0.3) is 0 Å². The topological polar surface area (TPSA) is 86.7 Å². The highest BCUT2D eigenvalue weighted by atomic mass is 32.2. The second-order valence-corrected chi connectivity index (χ2v) is 8.12. The van der Waals surface area contributed by atoms with Gasteiger partial charge in [0.1, 0.15) is 6.61 Å². The highest BCUT2D eigenvalue weighted by Crippen LogP contribution is 2.31. The first-order valence-corrected chi connectivity index (χ1v) is 8.60. The molecule has 1 aromatic carbocycles. The van der Waals surface area contributed by atoms with Crippen molar-refractivity contribution in [2.24, 2.45) is 5.41 Å². The zero-order valence-corrected chi connectivity index (χ0v) is 13.7. The number of aryl methyl sites for hydroxylation is 1. The lowest BCUT2D eigenvalue weighted by Crippen LogP contribution is -2.35. The van der Waals surface area contributed by atoms with Gasteiger partial charge in [0.05, 0.1) is 10.5 Å². The summed E-state index contributed by atoms with van der Waals surface area (Å²) in [7, 11) is -3.45. The molecule has 1 atom stereocenters. The van der Waals surface area contributed by atoms with Crippen molar-refractivity contribution in [1.82, 2.24) is 0 Å². The van der Waals surface area contributed by atoms with Crippen LogP contribution in [0.4, 0.5) is 0 Å². The highest BCUT2D eigenvalue weighted by molar-refractivity contribution is 7.90. The average molecular weight is 326 g/mol. The summed E-state index contributed by atoms with van der Waals surface area (Å²) in [5.74, 6) is -1.34. The van der Waals surface area contributed by atoms with Crippen LogP contribution >= 0.6 is 0 Å². The number of benzene rings is 1. The second-order valence-electron chi connectivity index (χ2n) is 6.13. The Morgan fingerprint density at radius 3 is 2.50 bits per heavy atom. The molecule has 6 nitrogen and oxygen atoms in total. The molecule has 1 heterocycles. The Balaban J connectivity index is 2.30. The number of carbonyl (C=O) groups is 2. The number of sulfone groups is 1. The molecule has 2 rings (SSSR count). The van der Waals surface area contributed by atoms with Gasteiger partial charge in [-0.05, 0) is 24.6 Å². The van der Waals surface area contributed by atoms with Gasteiger partial charge < -0.3 is 9.47 Å². The molecule has 0 N–H and O–H groups in total. The molecule has 7 heteroatoms. The summed E-state index contributed by atoms with van der Waals surface area (Å²) in [6.07, 6.45) is 0.0741. The summed E-state index contributed by atoms with van der Waals surface area (Å²) in [6, 6.07) is 4.27. The van der Waals surface area contributed by atoms with Crippen molar-refractivity contribution in [2.45, 2.75) is 31.8 Å². The maximum atomic E-state index is 12.2. The molecular weight excluding hydrogens is 308 g/mol. The quantitative estimate of drug-likeness (QED) is 0.783. The van der Waals surface area contributed by atoms with Gasteiger partial charge in [-0.2, -0.15) is 0 Å². The molecule has 0 bridgehead atoms. The Kier molecular flexibility index (Phi) is 4.04. The fourth-order valence-electron chi connectivity index (χ4n) is 2.24. The number of ether oxygens (including phenoxy) is 2. The van der Waals surface area contributed by atoms with Crippen LogP contribution in [-0.2, 0) is 24.1 Å². The van der Waals surface area contributed by atoms with E-state index < -0.39 is 33.3 Å². The fourth-order valence-corrected chi connectivity index (χ4v) is 3.23. The number of rotatable bonds is 3. The summed E-state index contributed by atoms with van der Waals surface area (Å²) >= 11 is 0. The van der Waals surface area contributed by atoms with Crippen LogP contribution in [0.15, 0.2) is 23.1 Å². The van der Waals surface area contributed by atoms with E-state index in [1.165, 1.54) is 18.2 Å². The third-order valence-electron chi connectivity index (χ3n) is 3.56. The van der Waals surface area contributed by atoms with E-state index in [2.05, 4.69) is 0 Å². The molecule has 120 valence electrons. The number of carbonyl (C=O) groups excluding carboxylic acids is 2. The first-order chi connectivity index (χ1) is 10.0. The summed E-state index contributed by atoms with van der Waals surface area (Å²) in [5.41, 5.74) is 0.0121. The van der Waals surface area contributed by atoms with E-state index in [1.54, 1.807) is 20.8 Å². The zero-order valence-electron chi connectivity index (χ0n) is 12.9. The number of hydrogen-bond donors (Lipinski definition) is 0. The minimum absolute atomic E-state index is 0.0650. The fraction of sp³-hybridized carbons (Fsp3) is 0.467. The van der Waals surface area contributed by atoms with E-state index in [4.69, 9.17) is 9.47 Å². The first-order valence-electron chi connectivity index (χ1n) is 6.71. The standard InChI is InChI=1S/C15H18O6S/c1-9-5-6-10(7-11(9)22(4,18)19)13(16)21-12-14(17)20-8-15(12,2)3/h5-7,12H,8H2,1-4H3/t12-/m0/s1. The lowest BCUT2D eigenvalue weighted by atomic mass is 9.90. The highest BCUT2D eigenvalue weighted by Gasteiger charge is 2.46. The molecule has 0 unspecified atom stereocenters. The SMILES string of the molecule is Cc1ccc(C(=O)O[C@H]2C(=O)OCC2(C)C)cc1S(C)(=O)=O. The molecule has 1 saturated heterocycles. The van der Waals surface area contributed by atoms with Crippen molar-refractivity contribution in [3.8, 4) is 0 Å². The molecule has 1 fully saturated rings. The van der Waals surface area contributed by atoms with E-state index in [0.717, 1.165) is 6.26 Å². The predicted molar refractivity (Wildman–Crippen MR) is 78.2 cm³/mol. The summed E-state index contributed by atoms with van der Waals surface area (Å²) in [4.78, 5) is 23.9. The Morgan fingerprint density at radius 1 is 1.36 bits per heavy atom. The van der Waals surface area contributed by atoms with Gasteiger partial charge in [0.25, 0.3) is 0 Å². The van der Waals surface area contributed by atoms with Gasteiger partial charge in [0, 0.05) is 11.7 Å². The molecule has 0 amide bonds. The molecule has 22 heavy (non-hydrogen) atoms. The smallest absolute Gasteiger partial charge is 0.348 e. The summed E-state index contributed by atoms with van der Waals surface area (Å²) in [5, 5.41) is 0. The van der Waals surface area contributed by atoms with Crippen molar-refractivity contribution in [3.05, 3.63) is 29.3 Å². The van der Waals surface area contributed by atoms with E-state index in [0.29, 0.717) is 5.56 Å². The van der Waals surface area contributed by atoms with Crippen LogP contribution in [0.2, 0.25) is 0 Å². The lowest BCUT2D eigenvalue weighted by molar-refractivity contribution is -0.145. The van der Waals surface area contributed by atoms with Gasteiger partial charge in [-0.1, -0.05) is 19.9 Å². The van der Waals surface area contributed by atoms with E-state index >= 15 is 0 Å². The second kappa shape index (κ2) is 5.39. The van der Waals surface area contributed by atoms with Crippen molar-refractivity contribution < 1.29 is 27.5 Å². The number of cyclic esters (lactones) is 1. The van der Waals surface area contributed by atoms with Crippen molar-refractivity contribution in [3.63, 3.8) is 0 Å². The Bertz CT molecular complexity index is 732. The monoisotopic (exact) mass is 326 g/mol. The zero-order chi connectivity index (χ0) is 16.7. The predicted octanol–water partition coefficient (Wildman–Crippen LogP) is 1.51. The van der Waals surface area contributed by atoms with Crippen LogP contribution in [0.1, 0.15) is 29.8 Å². The van der Waals surface area contributed by atoms with Crippen LogP contribution in [-0.4, -0.2) is 39.3 Å². The van der Waals surface area contributed by atoms with Crippen molar-refractivity contribution in [2.75, 3.05) is 12.9 Å². The summed E-state index contributed by atoms with van der Waals surface area (Å²) in [6.45, 7) is 5.33. The van der Waals surface area contributed by atoms with Crippen LogP contribution in [0, 0.1) is 12.3 Å². The van der Waals surface area contributed by atoms with Gasteiger partial charge in [0.15, 0.2) is 9.84 Å². The van der Waals surface area contributed by atoms with Gasteiger partial charge in [-0.3, -0.25) is 0 Å². The van der Waals surface area contributed by atoms with Crippen LogP contribution in [0.3, 0.4) is 0 Å². The van der Waals surface area contributed by atoms with E-state index in [9.17, 15) is 18.0 Å². The molecule has 0 spiro atoms. The van der Waals surface area contributed by atoms with Crippen molar-refractivity contribution in [1.29, 1.82) is 0 Å². The normalized spacial score (nSPS) is 20.5. The Hall–Kier alpha value is -1.89. The molecule has 1 aromatic rings. The Morgan fingerprint density at radius 2 is 2.00 bits per heavy atom. The number of esters is 2. The third-order valence-corrected chi connectivity index (χ3v) is 4.80. The van der Waals surface area contributed by atoms with Crippen molar-refractivity contribution >= 4 is 21.8 Å². The summed E-state index contributed by atoms with van der Waals surface area (Å²) < 4.78 is 33.5. The van der Waals surface area contributed by atoms with Gasteiger partial charge >= 0.3 is 11.9 Å². The van der Waals surface area contributed by atoms with Crippen LogP contribution in [0.5, 0.6) is 0 Å². The van der Waals surface area contributed by atoms with Gasteiger partial charge in [-0.15, -0.1) is 0 Å². The lowest BCUT2D eigenvalue weighted by Gasteiger charge is -2.21. The maximum Gasteiger partial charge on any atom is 0.348 e. The largest absolute Gasteiger partial charge is 0.462 e. The maximum absolute atomic E-state index is 12.2. The first kappa shape index (κ1) is 16.5. The van der Waals surface area contributed by atoms with E-state index in [-0.39, 0.29) is 17.1 Å². The molecule has 0 saturated carbocycles. The Labute approximate surface area is 129 Å². The molecule has 0 aliphatic carbocycles. The molecule has 1 aliphatic heterocycles. The molecule has 0 radical (unpaired) electrons. The minimum Gasteiger partial charge on any atom is -0.462 e. The van der Waals surface area contributed by atoms with Gasteiger partial charge in [0.2, 0.25) is 6.10 Å². The molecular formula is C15H18O6S. The third kappa shape index (κ3) is 3.14. The molecule has 0 aromatic heterocycles. The average Bonchev–Trinajstić information content (AvgIpc) is 2.64. The van der Waals surface area contributed by atoms with Crippen LogP contribution < -0.4 is 0 Å². The van der Waals surface area contributed by atoms with Gasteiger partial charge in [-0.25, -0.2) is 18.0 Å².